The molecule has 2 aromatic heterocycles. The summed E-state index contributed by atoms with van der Waals surface area (Å²) in [5.41, 5.74) is 4.48. The number of hydrogen-bond acceptors (Lipinski definition) is 3. The molecule has 0 fully saturated rings. The van der Waals surface area contributed by atoms with Crippen LogP contribution in [-0.2, 0) is 6.54 Å². The number of aryl methyl sites for hydroxylation is 1. The molecule has 4 aromatic rings. The van der Waals surface area contributed by atoms with Crippen LogP contribution < -0.4 is 0 Å². The molecule has 4 rings (SSSR count). The lowest BCUT2D eigenvalue weighted by Gasteiger charge is -2.02. The van der Waals surface area contributed by atoms with Crippen LogP contribution in [0.4, 0.5) is 4.39 Å². The van der Waals surface area contributed by atoms with Crippen LogP contribution in [0.5, 0.6) is 0 Å². The van der Waals surface area contributed by atoms with Gasteiger partial charge in [0.15, 0.2) is 0 Å². The first-order chi connectivity index (χ1) is 12.2. The van der Waals surface area contributed by atoms with Gasteiger partial charge in [-0.2, -0.15) is 0 Å². The Hall–Kier alpha value is -3.21. The van der Waals surface area contributed by atoms with Crippen molar-refractivity contribution in [3.63, 3.8) is 0 Å². The van der Waals surface area contributed by atoms with E-state index in [9.17, 15) is 4.39 Å². The molecule has 0 aliphatic rings. The van der Waals surface area contributed by atoms with Crippen LogP contribution in [0.3, 0.4) is 0 Å². The molecule has 0 amide bonds. The number of rotatable bonds is 4. The van der Waals surface area contributed by atoms with Crippen LogP contribution in [-0.4, -0.2) is 14.7 Å². The van der Waals surface area contributed by atoms with Gasteiger partial charge in [0.05, 0.1) is 17.6 Å². The molecule has 2 aromatic carbocycles. The van der Waals surface area contributed by atoms with Crippen LogP contribution in [0.1, 0.15) is 11.3 Å². The molecule has 25 heavy (non-hydrogen) atoms. The Labute approximate surface area is 144 Å². The van der Waals surface area contributed by atoms with Crippen molar-refractivity contribution < 1.29 is 8.91 Å². The smallest absolute Gasteiger partial charge is 0.143 e. The standard InChI is InChI=1S/C20H16FN3O/c1-14-19(20(23-25-14)16-5-3-2-4-6-16)18-12-24(13-22-18)11-15-7-9-17(21)10-8-15/h2-10,12-13H,11H2,1H3. The van der Waals surface area contributed by atoms with Crippen LogP contribution in [0.15, 0.2) is 71.6 Å². The molecule has 124 valence electrons. The molecule has 0 unspecified atom stereocenters. The maximum atomic E-state index is 13.0. The Morgan fingerprint density at radius 2 is 1.80 bits per heavy atom. The first-order valence-electron chi connectivity index (χ1n) is 7.99. The molecule has 4 nitrogen and oxygen atoms in total. The highest BCUT2D eigenvalue weighted by Crippen LogP contribution is 2.33. The molecule has 0 N–H and O–H groups in total. The minimum Gasteiger partial charge on any atom is -0.360 e. The van der Waals surface area contributed by atoms with Crippen molar-refractivity contribution in [2.45, 2.75) is 13.5 Å². The molecule has 0 saturated heterocycles. The second-order valence-corrected chi connectivity index (χ2v) is 5.89. The summed E-state index contributed by atoms with van der Waals surface area (Å²) in [7, 11) is 0. The monoisotopic (exact) mass is 333 g/mol. The number of benzene rings is 2. The number of imidazole rings is 1. The van der Waals surface area contributed by atoms with E-state index in [1.54, 1.807) is 18.5 Å². The Balaban J connectivity index is 1.67. The summed E-state index contributed by atoms with van der Waals surface area (Å²) in [6.45, 7) is 2.51. The number of hydrogen-bond donors (Lipinski definition) is 0. The Morgan fingerprint density at radius 3 is 2.56 bits per heavy atom. The van der Waals surface area contributed by atoms with Gasteiger partial charge in [0.25, 0.3) is 0 Å². The predicted octanol–water partition coefficient (Wildman–Crippen LogP) is 4.70. The van der Waals surface area contributed by atoms with Crippen molar-refractivity contribution in [2.75, 3.05) is 0 Å². The van der Waals surface area contributed by atoms with E-state index in [1.807, 2.05) is 48.0 Å². The van der Waals surface area contributed by atoms with Crippen molar-refractivity contribution >= 4 is 0 Å². The zero-order valence-corrected chi connectivity index (χ0v) is 13.7. The minimum absolute atomic E-state index is 0.234. The van der Waals surface area contributed by atoms with Crippen LogP contribution in [0, 0.1) is 12.7 Å². The molecule has 0 spiro atoms. The third-order valence-electron chi connectivity index (χ3n) is 4.08. The van der Waals surface area contributed by atoms with Gasteiger partial charge < -0.3 is 9.09 Å². The molecular formula is C20H16FN3O. The van der Waals surface area contributed by atoms with Crippen molar-refractivity contribution in [2.24, 2.45) is 0 Å². The van der Waals surface area contributed by atoms with E-state index >= 15 is 0 Å². The lowest BCUT2D eigenvalue weighted by molar-refractivity contribution is 0.400. The summed E-state index contributed by atoms with van der Waals surface area (Å²) in [6, 6.07) is 16.4. The molecule has 0 aliphatic heterocycles. The summed E-state index contributed by atoms with van der Waals surface area (Å²) in [4.78, 5) is 4.51. The zero-order chi connectivity index (χ0) is 17.2. The SMILES string of the molecule is Cc1onc(-c2ccccc2)c1-c1cn(Cc2ccc(F)cc2)cn1. The lowest BCUT2D eigenvalue weighted by Crippen LogP contribution is -1.96. The third-order valence-corrected chi connectivity index (χ3v) is 4.08. The van der Waals surface area contributed by atoms with E-state index in [4.69, 9.17) is 4.52 Å². The van der Waals surface area contributed by atoms with Crippen molar-refractivity contribution in [1.82, 2.24) is 14.7 Å². The highest BCUT2D eigenvalue weighted by molar-refractivity contribution is 5.79. The maximum Gasteiger partial charge on any atom is 0.143 e. The predicted molar refractivity (Wildman–Crippen MR) is 93.4 cm³/mol. The van der Waals surface area contributed by atoms with E-state index in [-0.39, 0.29) is 5.82 Å². The largest absolute Gasteiger partial charge is 0.360 e. The van der Waals surface area contributed by atoms with Crippen molar-refractivity contribution in [1.29, 1.82) is 0 Å². The maximum absolute atomic E-state index is 13.0. The second-order valence-electron chi connectivity index (χ2n) is 5.89. The summed E-state index contributed by atoms with van der Waals surface area (Å²) in [5.74, 6) is 0.494. The van der Waals surface area contributed by atoms with Gasteiger partial charge in [-0.15, -0.1) is 0 Å². The summed E-state index contributed by atoms with van der Waals surface area (Å²) >= 11 is 0. The third kappa shape index (κ3) is 3.08. The van der Waals surface area contributed by atoms with Gasteiger partial charge >= 0.3 is 0 Å². The second kappa shape index (κ2) is 6.36. The van der Waals surface area contributed by atoms with Gasteiger partial charge in [-0.3, -0.25) is 0 Å². The van der Waals surface area contributed by atoms with Crippen LogP contribution >= 0.6 is 0 Å². The molecule has 0 aliphatic carbocycles. The van der Waals surface area contributed by atoms with E-state index < -0.39 is 0 Å². The number of aromatic nitrogens is 3. The highest BCUT2D eigenvalue weighted by Gasteiger charge is 2.18. The fourth-order valence-corrected chi connectivity index (χ4v) is 2.84. The van der Waals surface area contributed by atoms with E-state index in [0.717, 1.165) is 33.8 Å². The van der Waals surface area contributed by atoms with Gasteiger partial charge in [-0.25, -0.2) is 9.37 Å². The zero-order valence-electron chi connectivity index (χ0n) is 13.7. The molecular weight excluding hydrogens is 317 g/mol. The van der Waals surface area contributed by atoms with Gasteiger partial charge in [-0.1, -0.05) is 47.6 Å². The van der Waals surface area contributed by atoms with E-state index in [0.29, 0.717) is 6.54 Å². The molecule has 0 atom stereocenters. The molecule has 0 saturated carbocycles. The van der Waals surface area contributed by atoms with Crippen LogP contribution in [0.25, 0.3) is 22.5 Å². The Morgan fingerprint density at radius 1 is 1.04 bits per heavy atom. The summed E-state index contributed by atoms with van der Waals surface area (Å²) < 4.78 is 20.4. The fraction of sp³-hybridized carbons (Fsp3) is 0.100. The molecule has 5 heteroatoms. The quantitative estimate of drug-likeness (QED) is 0.544. The van der Waals surface area contributed by atoms with E-state index in [1.165, 1.54) is 12.1 Å². The van der Waals surface area contributed by atoms with Crippen molar-refractivity contribution in [3.05, 3.63) is 84.3 Å². The van der Waals surface area contributed by atoms with Gasteiger partial charge in [0.2, 0.25) is 0 Å². The topological polar surface area (TPSA) is 43.9 Å². The molecule has 2 heterocycles. The fourth-order valence-electron chi connectivity index (χ4n) is 2.84. The van der Waals surface area contributed by atoms with Crippen LogP contribution in [0.2, 0.25) is 0 Å². The van der Waals surface area contributed by atoms with Gasteiger partial charge in [-0.05, 0) is 24.6 Å². The molecule has 0 radical (unpaired) electrons. The summed E-state index contributed by atoms with van der Waals surface area (Å²) in [6.07, 6.45) is 3.72. The first-order valence-corrected chi connectivity index (χ1v) is 7.99. The Bertz CT molecular complexity index is 987. The lowest BCUT2D eigenvalue weighted by atomic mass is 10.0. The number of nitrogens with zero attached hydrogens (tertiary/aromatic N) is 3. The van der Waals surface area contributed by atoms with Gasteiger partial charge in [0, 0.05) is 18.3 Å². The minimum atomic E-state index is -0.234. The Kier molecular flexibility index (Phi) is 3.90. The average molecular weight is 333 g/mol. The average Bonchev–Trinajstić information content (AvgIpc) is 3.24. The highest BCUT2D eigenvalue weighted by atomic mass is 19.1. The van der Waals surface area contributed by atoms with E-state index in [2.05, 4.69) is 10.1 Å². The number of halogens is 1. The van der Waals surface area contributed by atoms with Gasteiger partial charge in [0.1, 0.15) is 17.3 Å². The first kappa shape index (κ1) is 15.3. The summed E-state index contributed by atoms with van der Waals surface area (Å²) in [5, 5.41) is 4.20. The molecule has 0 bridgehead atoms. The normalized spacial score (nSPS) is 11.0. The van der Waals surface area contributed by atoms with Crippen molar-refractivity contribution in [3.8, 4) is 22.5 Å².